The molecule has 1 fully saturated rings. The predicted molar refractivity (Wildman–Crippen MR) is 60.2 cm³/mol. The van der Waals surface area contributed by atoms with Gasteiger partial charge in [0.1, 0.15) is 5.82 Å². The second-order valence-corrected chi connectivity index (χ2v) is 3.91. The lowest BCUT2D eigenvalue weighted by molar-refractivity contribution is 0.1000. The number of ether oxygens (including phenoxy) is 1. The first-order valence-electron chi connectivity index (χ1n) is 5.33. The van der Waals surface area contributed by atoms with Gasteiger partial charge in [0.2, 0.25) is 5.91 Å². The van der Waals surface area contributed by atoms with Crippen LogP contribution in [0.5, 0.6) is 0 Å². The Balaban J connectivity index is 1.87. The molecule has 2 heterocycles. The van der Waals surface area contributed by atoms with Crippen molar-refractivity contribution in [1.82, 2.24) is 4.98 Å². The number of hydrogen-bond donors (Lipinski definition) is 2. The molecule has 1 unspecified atom stereocenters. The minimum atomic E-state index is -0.455. The zero-order valence-electron chi connectivity index (χ0n) is 8.98. The van der Waals surface area contributed by atoms with Gasteiger partial charge >= 0.3 is 0 Å². The Morgan fingerprint density at radius 1 is 1.62 bits per heavy atom. The fourth-order valence-electron chi connectivity index (χ4n) is 1.64. The first-order chi connectivity index (χ1) is 7.75. The van der Waals surface area contributed by atoms with Crippen molar-refractivity contribution in [2.75, 3.05) is 25.1 Å². The van der Waals surface area contributed by atoms with Crippen molar-refractivity contribution in [3.8, 4) is 0 Å². The maximum atomic E-state index is 10.8. The minimum absolute atomic E-state index is 0.426. The zero-order valence-corrected chi connectivity index (χ0v) is 8.98. The SMILES string of the molecule is NC(=O)c1ccc(NCC2CCOC2)nc1. The molecule has 1 aliphatic heterocycles. The number of carbonyl (C=O) groups excluding carboxylic acids is 1. The second kappa shape index (κ2) is 4.94. The molecule has 0 aliphatic carbocycles. The van der Waals surface area contributed by atoms with E-state index in [-0.39, 0.29) is 0 Å². The third kappa shape index (κ3) is 2.70. The Bertz CT molecular complexity index is 358. The number of nitrogens with two attached hydrogens (primary N) is 1. The Labute approximate surface area is 94.0 Å². The van der Waals surface area contributed by atoms with E-state index in [1.54, 1.807) is 12.1 Å². The van der Waals surface area contributed by atoms with Crippen LogP contribution in [0.4, 0.5) is 5.82 Å². The number of primary amides is 1. The topological polar surface area (TPSA) is 77.2 Å². The van der Waals surface area contributed by atoms with Crippen LogP contribution in [-0.2, 0) is 4.74 Å². The Hall–Kier alpha value is -1.62. The number of nitrogens with one attached hydrogen (secondary N) is 1. The lowest BCUT2D eigenvalue weighted by atomic mass is 10.1. The van der Waals surface area contributed by atoms with E-state index in [1.165, 1.54) is 6.20 Å². The summed E-state index contributed by atoms with van der Waals surface area (Å²) in [6.45, 7) is 2.51. The lowest BCUT2D eigenvalue weighted by Gasteiger charge is -2.09. The monoisotopic (exact) mass is 221 g/mol. The quantitative estimate of drug-likeness (QED) is 0.781. The largest absolute Gasteiger partial charge is 0.381 e. The Morgan fingerprint density at radius 2 is 2.50 bits per heavy atom. The average Bonchev–Trinajstić information content (AvgIpc) is 2.80. The van der Waals surface area contributed by atoms with Gasteiger partial charge in [-0.3, -0.25) is 4.79 Å². The molecular formula is C11H15N3O2. The molecule has 1 saturated heterocycles. The predicted octanol–water partition coefficient (Wildman–Crippen LogP) is 0.629. The van der Waals surface area contributed by atoms with E-state index in [1.807, 2.05) is 0 Å². The maximum Gasteiger partial charge on any atom is 0.250 e. The van der Waals surface area contributed by atoms with Crippen LogP contribution in [0.2, 0.25) is 0 Å². The normalized spacial score (nSPS) is 19.6. The highest BCUT2D eigenvalue weighted by Crippen LogP contribution is 2.13. The second-order valence-electron chi connectivity index (χ2n) is 3.91. The average molecular weight is 221 g/mol. The number of anilines is 1. The fraction of sp³-hybridized carbons (Fsp3) is 0.455. The van der Waals surface area contributed by atoms with Crippen molar-refractivity contribution >= 4 is 11.7 Å². The summed E-state index contributed by atoms with van der Waals surface area (Å²) in [4.78, 5) is 14.9. The van der Waals surface area contributed by atoms with E-state index < -0.39 is 5.91 Å². The molecule has 0 radical (unpaired) electrons. The number of carbonyl (C=O) groups is 1. The molecule has 0 saturated carbocycles. The van der Waals surface area contributed by atoms with Gasteiger partial charge in [0.05, 0.1) is 12.2 Å². The Kier molecular flexibility index (Phi) is 3.36. The van der Waals surface area contributed by atoms with Crippen molar-refractivity contribution in [2.45, 2.75) is 6.42 Å². The van der Waals surface area contributed by atoms with E-state index in [0.29, 0.717) is 11.5 Å². The molecule has 2 rings (SSSR count). The van der Waals surface area contributed by atoms with Crippen LogP contribution in [0.25, 0.3) is 0 Å². The molecule has 5 heteroatoms. The third-order valence-corrected chi connectivity index (χ3v) is 2.64. The number of aromatic nitrogens is 1. The summed E-state index contributed by atoms with van der Waals surface area (Å²) in [6.07, 6.45) is 2.57. The number of amides is 1. The lowest BCUT2D eigenvalue weighted by Crippen LogP contribution is -2.15. The zero-order chi connectivity index (χ0) is 11.4. The molecule has 1 amide bonds. The van der Waals surface area contributed by atoms with Gasteiger partial charge in [-0.2, -0.15) is 0 Å². The molecule has 1 aromatic rings. The molecule has 5 nitrogen and oxygen atoms in total. The molecule has 86 valence electrons. The molecule has 0 bridgehead atoms. The summed E-state index contributed by atoms with van der Waals surface area (Å²) in [7, 11) is 0. The van der Waals surface area contributed by atoms with E-state index in [4.69, 9.17) is 10.5 Å². The van der Waals surface area contributed by atoms with Gasteiger partial charge < -0.3 is 15.8 Å². The van der Waals surface area contributed by atoms with Crippen LogP contribution < -0.4 is 11.1 Å². The van der Waals surface area contributed by atoms with E-state index in [0.717, 1.165) is 32.0 Å². The van der Waals surface area contributed by atoms with Gasteiger partial charge in [0.25, 0.3) is 0 Å². The fourth-order valence-corrected chi connectivity index (χ4v) is 1.64. The van der Waals surface area contributed by atoms with Gasteiger partial charge in [-0.1, -0.05) is 0 Å². The minimum Gasteiger partial charge on any atom is -0.381 e. The van der Waals surface area contributed by atoms with Crippen molar-refractivity contribution < 1.29 is 9.53 Å². The first-order valence-corrected chi connectivity index (χ1v) is 5.33. The molecule has 0 aromatic carbocycles. The molecule has 1 aliphatic rings. The first kappa shape index (κ1) is 10.9. The number of nitrogens with zero attached hydrogens (tertiary/aromatic N) is 1. The van der Waals surface area contributed by atoms with Crippen LogP contribution in [0.3, 0.4) is 0 Å². The van der Waals surface area contributed by atoms with Crippen LogP contribution in [-0.4, -0.2) is 30.6 Å². The van der Waals surface area contributed by atoms with E-state index in [9.17, 15) is 4.79 Å². The van der Waals surface area contributed by atoms with Crippen molar-refractivity contribution in [1.29, 1.82) is 0 Å². The van der Waals surface area contributed by atoms with Gasteiger partial charge in [0, 0.05) is 25.3 Å². The third-order valence-electron chi connectivity index (χ3n) is 2.64. The summed E-state index contributed by atoms with van der Waals surface area (Å²) in [5.41, 5.74) is 5.55. The van der Waals surface area contributed by atoms with E-state index >= 15 is 0 Å². The molecule has 1 atom stereocenters. The summed E-state index contributed by atoms with van der Waals surface area (Å²) in [6, 6.07) is 3.43. The smallest absolute Gasteiger partial charge is 0.250 e. The summed E-state index contributed by atoms with van der Waals surface area (Å²) in [5, 5.41) is 3.21. The van der Waals surface area contributed by atoms with E-state index in [2.05, 4.69) is 10.3 Å². The summed E-state index contributed by atoms with van der Waals surface area (Å²) < 4.78 is 5.27. The molecule has 16 heavy (non-hydrogen) atoms. The molecule has 1 aromatic heterocycles. The number of pyridine rings is 1. The Morgan fingerprint density at radius 3 is 3.06 bits per heavy atom. The maximum absolute atomic E-state index is 10.8. The van der Waals surface area contributed by atoms with Crippen molar-refractivity contribution in [3.05, 3.63) is 23.9 Å². The van der Waals surface area contributed by atoms with Crippen molar-refractivity contribution in [3.63, 3.8) is 0 Å². The van der Waals surface area contributed by atoms with Crippen LogP contribution >= 0.6 is 0 Å². The van der Waals surface area contributed by atoms with Crippen LogP contribution in [0, 0.1) is 5.92 Å². The van der Waals surface area contributed by atoms with Crippen molar-refractivity contribution in [2.24, 2.45) is 11.7 Å². The highest BCUT2D eigenvalue weighted by Gasteiger charge is 2.15. The standard InChI is InChI=1S/C11H15N3O2/c12-11(15)9-1-2-10(14-6-9)13-5-8-3-4-16-7-8/h1-2,6,8H,3-5,7H2,(H2,12,15)(H,13,14). The summed E-state index contributed by atoms with van der Waals surface area (Å²) in [5.74, 6) is 0.859. The number of hydrogen-bond acceptors (Lipinski definition) is 4. The van der Waals surface area contributed by atoms with Crippen LogP contribution in [0.1, 0.15) is 16.8 Å². The highest BCUT2D eigenvalue weighted by atomic mass is 16.5. The van der Waals surface area contributed by atoms with Gasteiger partial charge in [-0.05, 0) is 18.6 Å². The highest BCUT2D eigenvalue weighted by molar-refractivity contribution is 5.92. The van der Waals surface area contributed by atoms with Crippen LogP contribution in [0.15, 0.2) is 18.3 Å². The van der Waals surface area contributed by atoms with Gasteiger partial charge in [0.15, 0.2) is 0 Å². The van der Waals surface area contributed by atoms with Gasteiger partial charge in [-0.15, -0.1) is 0 Å². The molecular weight excluding hydrogens is 206 g/mol. The summed E-state index contributed by atoms with van der Waals surface area (Å²) >= 11 is 0. The number of rotatable bonds is 4. The van der Waals surface area contributed by atoms with Gasteiger partial charge in [-0.25, -0.2) is 4.98 Å². The molecule has 0 spiro atoms. The molecule has 3 N–H and O–H groups in total.